The summed E-state index contributed by atoms with van der Waals surface area (Å²) in [6.07, 6.45) is -4.53. The van der Waals surface area contributed by atoms with E-state index in [0.29, 0.717) is 6.07 Å². The van der Waals surface area contributed by atoms with Gasteiger partial charge in [0.25, 0.3) is 0 Å². The van der Waals surface area contributed by atoms with Crippen LogP contribution in [0.15, 0.2) is 18.2 Å². The lowest BCUT2D eigenvalue weighted by Crippen LogP contribution is -2.43. The maximum absolute atomic E-state index is 13.8. The standard InChI is InChI=1S/C20H20F4N2O3/c1-2-29-18(28)16-14-7-11(19(9-26,17(14)16)15(27)8-25)3-10-4-12(20(22,23)24)6-13(21)5-10/h4-6,11,14,16-17H,2-3,7-8,25H2,1H3. The van der Waals surface area contributed by atoms with E-state index >= 15 is 0 Å². The first kappa shape index (κ1) is 21.2. The number of nitriles is 1. The molecule has 1 aromatic rings. The number of hydrogen-bond donors (Lipinski definition) is 1. The summed E-state index contributed by atoms with van der Waals surface area (Å²) in [6.45, 7) is 1.37. The molecule has 0 aliphatic heterocycles. The zero-order chi connectivity index (χ0) is 21.6. The smallest absolute Gasteiger partial charge is 0.416 e. The monoisotopic (exact) mass is 412 g/mol. The Morgan fingerprint density at radius 2 is 2.03 bits per heavy atom. The second-order valence-corrected chi connectivity index (χ2v) is 7.56. The Hall–Kier alpha value is -2.47. The Labute approximate surface area is 164 Å². The molecule has 156 valence electrons. The fourth-order valence-electron chi connectivity index (χ4n) is 4.91. The van der Waals surface area contributed by atoms with Crippen LogP contribution in [0.2, 0.25) is 0 Å². The molecule has 9 heteroatoms. The Kier molecular flexibility index (Phi) is 5.43. The third-order valence-electron chi connectivity index (χ3n) is 6.05. The highest BCUT2D eigenvalue weighted by Crippen LogP contribution is 2.69. The van der Waals surface area contributed by atoms with Crippen LogP contribution in [0, 0.1) is 46.2 Å². The lowest BCUT2D eigenvalue weighted by molar-refractivity contribution is -0.146. The average Bonchev–Trinajstić information content (AvgIpc) is 3.27. The molecular formula is C20H20F4N2O3. The molecule has 2 aliphatic rings. The fraction of sp³-hybridized carbons (Fsp3) is 0.550. The summed E-state index contributed by atoms with van der Waals surface area (Å²) in [4.78, 5) is 24.8. The first-order valence-corrected chi connectivity index (χ1v) is 9.28. The van der Waals surface area contributed by atoms with E-state index in [-0.39, 0.29) is 30.9 Å². The zero-order valence-electron chi connectivity index (χ0n) is 15.6. The highest BCUT2D eigenvalue weighted by molar-refractivity contribution is 5.93. The van der Waals surface area contributed by atoms with E-state index in [9.17, 15) is 32.4 Å². The molecule has 29 heavy (non-hydrogen) atoms. The molecule has 0 saturated heterocycles. The van der Waals surface area contributed by atoms with Crippen LogP contribution in [0.25, 0.3) is 0 Å². The molecule has 0 bridgehead atoms. The Morgan fingerprint density at radius 1 is 1.34 bits per heavy atom. The van der Waals surface area contributed by atoms with Crippen LogP contribution in [0.1, 0.15) is 24.5 Å². The number of carbonyl (C=O) groups excluding carboxylic acids is 2. The van der Waals surface area contributed by atoms with Crippen molar-refractivity contribution in [3.8, 4) is 6.07 Å². The number of benzene rings is 1. The molecule has 1 aromatic carbocycles. The molecular weight excluding hydrogens is 392 g/mol. The van der Waals surface area contributed by atoms with Crippen molar-refractivity contribution in [2.24, 2.45) is 34.8 Å². The highest BCUT2D eigenvalue weighted by Gasteiger charge is 2.74. The molecule has 3 rings (SSSR count). The number of nitrogens with zero attached hydrogens (tertiary/aromatic N) is 1. The normalized spacial score (nSPS) is 30.4. The molecule has 0 aromatic heterocycles. The molecule has 0 spiro atoms. The van der Waals surface area contributed by atoms with Gasteiger partial charge in [0.2, 0.25) is 0 Å². The molecule has 0 radical (unpaired) electrons. The predicted molar refractivity (Wildman–Crippen MR) is 92.4 cm³/mol. The van der Waals surface area contributed by atoms with Gasteiger partial charge in [-0.1, -0.05) is 0 Å². The van der Waals surface area contributed by atoms with Gasteiger partial charge in [0.05, 0.1) is 30.7 Å². The summed E-state index contributed by atoms with van der Waals surface area (Å²) in [7, 11) is 0. The molecule has 5 nitrogen and oxygen atoms in total. The predicted octanol–water partition coefficient (Wildman–Crippen LogP) is 2.87. The number of esters is 1. The maximum Gasteiger partial charge on any atom is 0.416 e. The Morgan fingerprint density at radius 3 is 2.59 bits per heavy atom. The molecule has 0 heterocycles. The summed E-state index contributed by atoms with van der Waals surface area (Å²) in [5.74, 6) is -4.21. The van der Waals surface area contributed by atoms with Gasteiger partial charge >= 0.3 is 12.1 Å². The number of hydrogen-bond acceptors (Lipinski definition) is 5. The number of rotatable bonds is 6. The largest absolute Gasteiger partial charge is 0.466 e. The number of fused-ring (bicyclic) bond motifs is 1. The van der Waals surface area contributed by atoms with Crippen LogP contribution in [0.5, 0.6) is 0 Å². The van der Waals surface area contributed by atoms with Crippen LogP contribution in [-0.4, -0.2) is 24.9 Å². The van der Waals surface area contributed by atoms with Gasteiger partial charge in [0, 0.05) is 5.92 Å². The third kappa shape index (κ3) is 3.50. The van der Waals surface area contributed by atoms with E-state index in [2.05, 4.69) is 0 Å². The van der Waals surface area contributed by atoms with E-state index in [4.69, 9.17) is 10.5 Å². The summed E-state index contributed by atoms with van der Waals surface area (Å²) >= 11 is 0. The number of ketones is 1. The summed E-state index contributed by atoms with van der Waals surface area (Å²) in [5.41, 5.74) is 2.82. The molecule has 2 aliphatic carbocycles. The van der Waals surface area contributed by atoms with Crippen LogP contribution in [-0.2, 0) is 26.9 Å². The third-order valence-corrected chi connectivity index (χ3v) is 6.05. The van der Waals surface area contributed by atoms with Crippen LogP contribution in [0.3, 0.4) is 0 Å². The van der Waals surface area contributed by atoms with Crippen LogP contribution >= 0.6 is 0 Å². The van der Waals surface area contributed by atoms with Gasteiger partial charge < -0.3 is 10.5 Å². The maximum atomic E-state index is 13.8. The van der Waals surface area contributed by atoms with E-state index in [1.807, 2.05) is 6.07 Å². The quantitative estimate of drug-likeness (QED) is 0.573. The van der Waals surface area contributed by atoms with E-state index in [1.165, 1.54) is 0 Å². The molecule has 5 unspecified atom stereocenters. The minimum atomic E-state index is -4.72. The molecule has 2 fully saturated rings. The number of Topliss-reactive ketones (excluding diaryl/α,β-unsaturated/α-hetero) is 1. The zero-order valence-corrected chi connectivity index (χ0v) is 15.6. The number of halogens is 4. The molecule has 5 atom stereocenters. The SMILES string of the molecule is CCOC(=O)C1C2CC(Cc3cc(F)cc(C(F)(F)F)c3)C(C#N)(C(=O)CN)C21. The van der Waals surface area contributed by atoms with Gasteiger partial charge in [-0.2, -0.15) is 18.4 Å². The number of nitrogens with two attached hydrogens (primary N) is 1. The minimum Gasteiger partial charge on any atom is -0.466 e. The lowest BCUT2D eigenvalue weighted by Gasteiger charge is -2.31. The molecule has 2 N–H and O–H groups in total. The fourth-order valence-corrected chi connectivity index (χ4v) is 4.91. The van der Waals surface area contributed by atoms with Crippen molar-refractivity contribution in [3.05, 3.63) is 35.1 Å². The van der Waals surface area contributed by atoms with Crippen molar-refractivity contribution in [1.29, 1.82) is 5.26 Å². The molecule has 2 saturated carbocycles. The van der Waals surface area contributed by atoms with E-state index < -0.39 is 59.0 Å². The number of carbonyl (C=O) groups is 2. The Bertz CT molecular complexity index is 879. The number of alkyl halides is 3. The van der Waals surface area contributed by atoms with Crippen LogP contribution < -0.4 is 5.73 Å². The highest BCUT2D eigenvalue weighted by atomic mass is 19.4. The van der Waals surface area contributed by atoms with E-state index in [0.717, 1.165) is 12.1 Å². The topological polar surface area (TPSA) is 93.2 Å². The van der Waals surface area contributed by atoms with Gasteiger partial charge in [-0.15, -0.1) is 0 Å². The van der Waals surface area contributed by atoms with Crippen molar-refractivity contribution < 1.29 is 31.9 Å². The van der Waals surface area contributed by atoms with Gasteiger partial charge in [-0.25, -0.2) is 4.39 Å². The van der Waals surface area contributed by atoms with Crippen molar-refractivity contribution in [2.75, 3.05) is 13.2 Å². The minimum absolute atomic E-state index is 0.0424. The lowest BCUT2D eigenvalue weighted by atomic mass is 9.68. The average molecular weight is 412 g/mol. The first-order chi connectivity index (χ1) is 13.6. The van der Waals surface area contributed by atoms with Crippen LogP contribution in [0.4, 0.5) is 17.6 Å². The number of ether oxygens (including phenoxy) is 1. The van der Waals surface area contributed by atoms with Crippen molar-refractivity contribution >= 4 is 11.8 Å². The molecule has 0 amide bonds. The van der Waals surface area contributed by atoms with Gasteiger partial charge in [0.1, 0.15) is 11.2 Å². The Balaban J connectivity index is 1.93. The van der Waals surface area contributed by atoms with Gasteiger partial charge in [0.15, 0.2) is 5.78 Å². The summed E-state index contributed by atoms with van der Waals surface area (Å²) in [5, 5.41) is 9.90. The van der Waals surface area contributed by atoms with Gasteiger partial charge in [-0.3, -0.25) is 9.59 Å². The van der Waals surface area contributed by atoms with Crippen molar-refractivity contribution in [2.45, 2.75) is 25.9 Å². The second kappa shape index (κ2) is 7.41. The summed E-state index contributed by atoms with van der Waals surface area (Å²) < 4.78 is 57.8. The van der Waals surface area contributed by atoms with Crippen molar-refractivity contribution in [1.82, 2.24) is 0 Å². The van der Waals surface area contributed by atoms with Crippen molar-refractivity contribution in [3.63, 3.8) is 0 Å². The van der Waals surface area contributed by atoms with Gasteiger partial charge in [-0.05, 0) is 55.4 Å². The van der Waals surface area contributed by atoms with E-state index in [1.54, 1.807) is 6.92 Å². The second-order valence-electron chi connectivity index (χ2n) is 7.56. The first-order valence-electron chi connectivity index (χ1n) is 9.28. The summed E-state index contributed by atoms with van der Waals surface area (Å²) in [6, 6.07) is 4.21.